The van der Waals surface area contributed by atoms with Gasteiger partial charge in [-0.25, -0.2) is 8.91 Å². The number of anilines is 1. The molecule has 4 aromatic rings. The van der Waals surface area contributed by atoms with Crippen LogP contribution in [-0.4, -0.2) is 20.5 Å². The number of aromatic nitrogens is 3. The van der Waals surface area contributed by atoms with Gasteiger partial charge in [-0.1, -0.05) is 0 Å². The number of hydrogen-bond acceptors (Lipinski definition) is 4. The topological polar surface area (TPSA) is 59.3 Å². The Bertz CT molecular complexity index is 1150. The third kappa shape index (κ3) is 3.46. The van der Waals surface area contributed by atoms with Crippen molar-refractivity contribution in [3.05, 3.63) is 70.9 Å². The monoisotopic (exact) mass is 406 g/mol. The van der Waals surface area contributed by atoms with Crippen molar-refractivity contribution >= 4 is 28.2 Å². The van der Waals surface area contributed by atoms with Gasteiger partial charge < -0.3 is 0 Å². The van der Waals surface area contributed by atoms with E-state index < -0.39 is 17.6 Å². The SMILES string of the molecule is O=C(Nc1nc2scc(-c3ccc(F)cc3)n2n1)c1ccc(C(F)(F)F)cc1. The molecule has 5 nitrogen and oxygen atoms in total. The van der Waals surface area contributed by atoms with Crippen LogP contribution < -0.4 is 5.32 Å². The van der Waals surface area contributed by atoms with Crippen molar-refractivity contribution in [1.29, 1.82) is 0 Å². The summed E-state index contributed by atoms with van der Waals surface area (Å²) in [6, 6.07) is 9.67. The summed E-state index contributed by atoms with van der Waals surface area (Å²) in [5.74, 6) is -0.978. The number of alkyl halides is 3. The highest BCUT2D eigenvalue weighted by Gasteiger charge is 2.30. The Labute approximate surface area is 159 Å². The predicted molar refractivity (Wildman–Crippen MR) is 95.7 cm³/mol. The first kappa shape index (κ1) is 18.1. The molecular weight excluding hydrogens is 396 g/mol. The van der Waals surface area contributed by atoms with Gasteiger partial charge in [0.25, 0.3) is 11.9 Å². The molecule has 0 radical (unpaired) electrons. The predicted octanol–water partition coefficient (Wildman–Crippen LogP) is 4.87. The summed E-state index contributed by atoms with van der Waals surface area (Å²) in [5.41, 5.74) is 0.597. The minimum absolute atomic E-state index is 0.0140. The van der Waals surface area contributed by atoms with Gasteiger partial charge in [0, 0.05) is 16.5 Å². The van der Waals surface area contributed by atoms with Crippen LogP contribution in [0.3, 0.4) is 0 Å². The van der Waals surface area contributed by atoms with Crippen molar-refractivity contribution in [2.24, 2.45) is 0 Å². The minimum atomic E-state index is -4.47. The molecule has 28 heavy (non-hydrogen) atoms. The summed E-state index contributed by atoms with van der Waals surface area (Å²) < 4.78 is 52.4. The van der Waals surface area contributed by atoms with E-state index in [2.05, 4.69) is 15.4 Å². The first-order valence-electron chi connectivity index (χ1n) is 7.90. The lowest BCUT2D eigenvalue weighted by molar-refractivity contribution is -0.137. The maximum Gasteiger partial charge on any atom is 0.416 e. The largest absolute Gasteiger partial charge is 0.416 e. The number of hydrogen-bond donors (Lipinski definition) is 1. The Morgan fingerprint density at radius 2 is 1.71 bits per heavy atom. The number of rotatable bonds is 3. The van der Waals surface area contributed by atoms with Crippen LogP contribution in [-0.2, 0) is 6.18 Å². The zero-order valence-corrected chi connectivity index (χ0v) is 14.7. The molecule has 142 valence electrons. The van der Waals surface area contributed by atoms with E-state index in [0.717, 1.165) is 29.8 Å². The van der Waals surface area contributed by atoms with E-state index in [0.29, 0.717) is 10.7 Å². The van der Waals surface area contributed by atoms with Gasteiger partial charge in [-0.15, -0.1) is 16.4 Å². The number of benzene rings is 2. The smallest absolute Gasteiger partial charge is 0.289 e. The second-order valence-corrected chi connectivity index (χ2v) is 6.62. The van der Waals surface area contributed by atoms with Crippen molar-refractivity contribution in [3.8, 4) is 11.3 Å². The van der Waals surface area contributed by atoms with E-state index in [1.165, 1.54) is 28.0 Å². The maximum atomic E-state index is 13.1. The van der Waals surface area contributed by atoms with Crippen LogP contribution in [0.1, 0.15) is 15.9 Å². The molecule has 0 atom stereocenters. The second-order valence-electron chi connectivity index (χ2n) is 5.79. The highest BCUT2D eigenvalue weighted by atomic mass is 32.1. The third-order valence-electron chi connectivity index (χ3n) is 3.92. The third-order valence-corrected chi connectivity index (χ3v) is 4.74. The average molecular weight is 406 g/mol. The number of carbonyl (C=O) groups is 1. The summed E-state index contributed by atoms with van der Waals surface area (Å²) in [6.45, 7) is 0. The lowest BCUT2D eigenvalue weighted by atomic mass is 10.1. The van der Waals surface area contributed by atoms with E-state index in [-0.39, 0.29) is 17.3 Å². The molecule has 0 aliphatic heterocycles. The number of amides is 1. The van der Waals surface area contributed by atoms with Gasteiger partial charge in [0.1, 0.15) is 5.82 Å². The molecule has 4 rings (SSSR count). The lowest BCUT2D eigenvalue weighted by Crippen LogP contribution is -2.14. The van der Waals surface area contributed by atoms with Crippen LogP contribution in [0.2, 0.25) is 0 Å². The van der Waals surface area contributed by atoms with Crippen LogP contribution in [0.15, 0.2) is 53.9 Å². The Kier molecular flexibility index (Phi) is 4.34. The van der Waals surface area contributed by atoms with Gasteiger partial charge in [-0.2, -0.15) is 18.2 Å². The fourth-order valence-corrected chi connectivity index (χ4v) is 3.37. The van der Waals surface area contributed by atoms with E-state index >= 15 is 0 Å². The molecule has 0 saturated heterocycles. The van der Waals surface area contributed by atoms with Crippen LogP contribution in [0.25, 0.3) is 16.2 Å². The highest BCUT2D eigenvalue weighted by Crippen LogP contribution is 2.29. The first-order valence-corrected chi connectivity index (χ1v) is 8.78. The molecule has 0 saturated carbocycles. The fourth-order valence-electron chi connectivity index (χ4n) is 2.54. The zero-order chi connectivity index (χ0) is 19.9. The fraction of sp³-hybridized carbons (Fsp3) is 0.0556. The Morgan fingerprint density at radius 3 is 2.36 bits per heavy atom. The van der Waals surface area contributed by atoms with Crippen molar-refractivity contribution in [1.82, 2.24) is 14.6 Å². The van der Waals surface area contributed by atoms with Crippen LogP contribution in [0, 0.1) is 5.82 Å². The minimum Gasteiger partial charge on any atom is -0.289 e. The molecule has 1 N–H and O–H groups in total. The van der Waals surface area contributed by atoms with Crippen molar-refractivity contribution in [3.63, 3.8) is 0 Å². The van der Waals surface area contributed by atoms with Gasteiger partial charge >= 0.3 is 6.18 Å². The standard InChI is InChI=1S/C18H10F4N4OS/c19-13-7-3-10(4-8-13)14-9-28-17-24-16(25-26(14)17)23-15(27)11-1-5-12(6-2-11)18(20,21)22/h1-9H,(H,23,25,27). The normalized spacial score (nSPS) is 11.7. The number of halogens is 4. The van der Waals surface area contributed by atoms with Gasteiger partial charge in [0.05, 0.1) is 11.3 Å². The quantitative estimate of drug-likeness (QED) is 0.494. The Morgan fingerprint density at radius 1 is 1.04 bits per heavy atom. The lowest BCUT2D eigenvalue weighted by Gasteiger charge is -2.07. The highest BCUT2D eigenvalue weighted by molar-refractivity contribution is 7.15. The summed E-state index contributed by atoms with van der Waals surface area (Å²) in [4.78, 5) is 16.9. The molecule has 0 aliphatic rings. The molecule has 0 spiro atoms. The molecule has 0 fully saturated rings. The first-order chi connectivity index (χ1) is 13.3. The van der Waals surface area contributed by atoms with Gasteiger partial charge in [0.2, 0.25) is 4.96 Å². The second kappa shape index (κ2) is 6.71. The molecule has 0 unspecified atom stereocenters. The van der Waals surface area contributed by atoms with Crippen molar-refractivity contribution < 1.29 is 22.4 Å². The number of fused-ring (bicyclic) bond motifs is 1. The van der Waals surface area contributed by atoms with Crippen LogP contribution >= 0.6 is 11.3 Å². The molecule has 10 heteroatoms. The Balaban J connectivity index is 1.57. The zero-order valence-electron chi connectivity index (χ0n) is 13.9. The molecule has 0 aliphatic carbocycles. The van der Waals surface area contributed by atoms with Crippen LogP contribution in [0.4, 0.5) is 23.5 Å². The molecular formula is C18H10F4N4OS. The molecule has 0 bridgehead atoms. The van der Waals surface area contributed by atoms with Gasteiger partial charge in [-0.3, -0.25) is 10.1 Å². The molecule has 1 amide bonds. The number of carbonyl (C=O) groups excluding carboxylic acids is 1. The summed E-state index contributed by atoms with van der Waals surface area (Å²) in [6.07, 6.45) is -4.47. The summed E-state index contributed by atoms with van der Waals surface area (Å²) in [7, 11) is 0. The van der Waals surface area contributed by atoms with E-state index in [4.69, 9.17) is 0 Å². The van der Waals surface area contributed by atoms with Gasteiger partial charge in [-0.05, 0) is 48.5 Å². The number of thiazole rings is 1. The van der Waals surface area contributed by atoms with Gasteiger partial charge in [0.15, 0.2) is 0 Å². The Hall–Kier alpha value is -3.27. The van der Waals surface area contributed by atoms with Crippen molar-refractivity contribution in [2.45, 2.75) is 6.18 Å². The van der Waals surface area contributed by atoms with Crippen LogP contribution in [0.5, 0.6) is 0 Å². The summed E-state index contributed by atoms with van der Waals surface area (Å²) >= 11 is 1.28. The molecule has 2 aromatic heterocycles. The van der Waals surface area contributed by atoms with Crippen molar-refractivity contribution in [2.75, 3.05) is 5.32 Å². The number of nitrogens with zero attached hydrogens (tertiary/aromatic N) is 3. The van der Waals surface area contributed by atoms with E-state index in [1.54, 1.807) is 17.5 Å². The molecule has 2 aromatic carbocycles. The number of nitrogens with one attached hydrogen (secondary N) is 1. The van der Waals surface area contributed by atoms with E-state index in [1.807, 2.05) is 0 Å². The average Bonchev–Trinajstić information content (AvgIpc) is 3.22. The summed E-state index contributed by atoms with van der Waals surface area (Å²) in [5, 5.41) is 8.46. The maximum absolute atomic E-state index is 13.1. The van der Waals surface area contributed by atoms with E-state index in [9.17, 15) is 22.4 Å². The molecule has 2 heterocycles.